The van der Waals surface area contributed by atoms with Crippen molar-refractivity contribution in [2.45, 2.75) is 38.5 Å². The van der Waals surface area contributed by atoms with Crippen LogP contribution in [0, 0.1) is 11.8 Å². The Morgan fingerprint density at radius 1 is 1.47 bits per heavy atom. The summed E-state index contributed by atoms with van der Waals surface area (Å²) in [5.74, 6) is 1.81. The molecule has 0 aromatic carbocycles. The van der Waals surface area contributed by atoms with Crippen molar-refractivity contribution in [3.8, 4) is 0 Å². The average Bonchev–Trinajstić information content (AvgIpc) is 2.95. The third kappa shape index (κ3) is 3.56. The molecule has 0 spiro atoms. The molecular weight excluding hydrogens is 210 g/mol. The van der Waals surface area contributed by atoms with Crippen molar-refractivity contribution >= 4 is 0 Å². The molecule has 1 aromatic heterocycles. The van der Waals surface area contributed by atoms with Gasteiger partial charge in [0.15, 0.2) is 0 Å². The van der Waals surface area contributed by atoms with E-state index in [4.69, 9.17) is 0 Å². The van der Waals surface area contributed by atoms with Crippen molar-refractivity contribution in [1.82, 2.24) is 15.1 Å². The van der Waals surface area contributed by atoms with Crippen molar-refractivity contribution in [1.29, 1.82) is 0 Å². The standard InChI is InChI=1S/C14H25N3/c1-15-10-14(13-5-3-4-6-13)8-7-12-9-16-17(2)11-12/h9,11,13-15H,3-8,10H2,1-2H3. The van der Waals surface area contributed by atoms with E-state index < -0.39 is 0 Å². The summed E-state index contributed by atoms with van der Waals surface area (Å²) in [4.78, 5) is 0. The van der Waals surface area contributed by atoms with Crippen LogP contribution in [0.2, 0.25) is 0 Å². The van der Waals surface area contributed by atoms with Crippen molar-refractivity contribution in [2.24, 2.45) is 18.9 Å². The zero-order chi connectivity index (χ0) is 12.1. The van der Waals surface area contributed by atoms with E-state index in [9.17, 15) is 0 Å². The van der Waals surface area contributed by atoms with Crippen molar-refractivity contribution in [3.63, 3.8) is 0 Å². The van der Waals surface area contributed by atoms with Crippen LogP contribution >= 0.6 is 0 Å². The van der Waals surface area contributed by atoms with Crippen LogP contribution in [0.4, 0.5) is 0 Å². The van der Waals surface area contributed by atoms with Gasteiger partial charge in [0.05, 0.1) is 6.20 Å². The Bertz CT molecular complexity index is 326. The Morgan fingerprint density at radius 2 is 2.24 bits per heavy atom. The third-order valence-corrected chi connectivity index (χ3v) is 4.09. The monoisotopic (exact) mass is 235 g/mol. The molecule has 1 fully saturated rings. The second-order valence-corrected chi connectivity index (χ2v) is 5.42. The normalized spacial score (nSPS) is 18.7. The minimum absolute atomic E-state index is 0.850. The molecule has 1 N–H and O–H groups in total. The van der Waals surface area contributed by atoms with Gasteiger partial charge in [0.2, 0.25) is 0 Å². The lowest BCUT2D eigenvalue weighted by Gasteiger charge is -2.22. The van der Waals surface area contributed by atoms with Crippen LogP contribution in [0.3, 0.4) is 0 Å². The average molecular weight is 235 g/mol. The molecule has 1 aromatic rings. The van der Waals surface area contributed by atoms with Gasteiger partial charge in [0, 0.05) is 13.2 Å². The van der Waals surface area contributed by atoms with E-state index in [1.54, 1.807) is 0 Å². The number of aryl methyl sites for hydroxylation is 2. The summed E-state index contributed by atoms with van der Waals surface area (Å²) in [5, 5.41) is 7.60. The van der Waals surface area contributed by atoms with Gasteiger partial charge in [-0.3, -0.25) is 4.68 Å². The Morgan fingerprint density at radius 3 is 2.82 bits per heavy atom. The molecule has 3 nitrogen and oxygen atoms in total. The number of rotatable bonds is 6. The molecule has 1 heterocycles. The van der Waals surface area contributed by atoms with Crippen molar-refractivity contribution < 1.29 is 0 Å². The van der Waals surface area contributed by atoms with Gasteiger partial charge in [-0.15, -0.1) is 0 Å². The molecule has 1 unspecified atom stereocenters. The second kappa shape index (κ2) is 6.20. The Kier molecular flexibility index (Phi) is 4.60. The molecule has 17 heavy (non-hydrogen) atoms. The van der Waals surface area contributed by atoms with Crippen LogP contribution in [0.15, 0.2) is 12.4 Å². The molecule has 1 aliphatic carbocycles. The summed E-state index contributed by atoms with van der Waals surface area (Å²) in [6.07, 6.45) is 12.4. The molecule has 1 atom stereocenters. The summed E-state index contributed by atoms with van der Waals surface area (Å²) < 4.78 is 1.90. The molecule has 3 heteroatoms. The van der Waals surface area contributed by atoms with E-state index in [2.05, 4.69) is 23.7 Å². The molecule has 96 valence electrons. The lowest BCUT2D eigenvalue weighted by atomic mass is 9.86. The predicted molar refractivity (Wildman–Crippen MR) is 70.9 cm³/mol. The number of aromatic nitrogens is 2. The largest absolute Gasteiger partial charge is 0.319 e. The molecule has 0 amide bonds. The van der Waals surface area contributed by atoms with Crippen LogP contribution < -0.4 is 5.32 Å². The highest BCUT2D eigenvalue weighted by atomic mass is 15.2. The molecule has 0 saturated heterocycles. The Labute approximate surface area is 105 Å². The lowest BCUT2D eigenvalue weighted by molar-refractivity contribution is 0.311. The fourth-order valence-corrected chi connectivity index (χ4v) is 3.15. The van der Waals surface area contributed by atoms with Gasteiger partial charge in [-0.2, -0.15) is 5.10 Å². The number of hydrogen-bond acceptors (Lipinski definition) is 2. The van der Waals surface area contributed by atoms with Crippen LogP contribution in [-0.2, 0) is 13.5 Å². The van der Waals surface area contributed by atoms with Gasteiger partial charge in [0.25, 0.3) is 0 Å². The molecule has 0 radical (unpaired) electrons. The number of nitrogens with one attached hydrogen (secondary N) is 1. The zero-order valence-electron chi connectivity index (χ0n) is 11.2. The molecular formula is C14H25N3. The fraction of sp³-hybridized carbons (Fsp3) is 0.786. The third-order valence-electron chi connectivity index (χ3n) is 4.09. The number of nitrogens with zero attached hydrogens (tertiary/aromatic N) is 2. The highest BCUT2D eigenvalue weighted by molar-refractivity contribution is 5.03. The SMILES string of the molecule is CNCC(CCc1cnn(C)c1)C1CCCC1. The highest BCUT2D eigenvalue weighted by Crippen LogP contribution is 2.33. The lowest BCUT2D eigenvalue weighted by Crippen LogP contribution is -2.25. The van der Waals surface area contributed by atoms with Gasteiger partial charge in [-0.1, -0.05) is 25.7 Å². The maximum absolute atomic E-state index is 4.24. The van der Waals surface area contributed by atoms with E-state index >= 15 is 0 Å². The van der Waals surface area contributed by atoms with E-state index in [-0.39, 0.29) is 0 Å². The Balaban J connectivity index is 1.84. The maximum Gasteiger partial charge on any atom is 0.0521 e. The smallest absolute Gasteiger partial charge is 0.0521 e. The summed E-state index contributed by atoms with van der Waals surface area (Å²) in [5.41, 5.74) is 1.38. The predicted octanol–water partition coefficient (Wildman–Crippen LogP) is 2.38. The highest BCUT2D eigenvalue weighted by Gasteiger charge is 2.24. The fourth-order valence-electron chi connectivity index (χ4n) is 3.15. The van der Waals surface area contributed by atoms with Gasteiger partial charge >= 0.3 is 0 Å². The molecule has 0 bridgehead atoms. The topological polar surface area (TPSA) is 29.9 Å². The van der Waals surface area contributed by atoms with E-state index in [0.717, 1.165) is 11.8 Å². The first-order valence-corrected chi connectivity index (χ1v) is 6.91. The second-order valence-electron chi connectivity index (χ2n) is 5.42. The summed E-state index contributed by atoms with van der Waals surface area (Å²) in [7, 11) is 4.07. The van der Waals surface area contributed by atoms with Gasteiger partial charge in [-0.25, -0.2) is 0 Å². The van der Waals surface area contributed by atoms with Gasteiger partial charge in [0.1, 0.15) is 0 Å². The first-order chi connectivity index (χ1) is 8.29. The summed E-state index contributed by atoms with van der Waals surface area (Å²) in [6, 6.07) is 0. The molecule has 1 saturated carbocycles. The Hall–Kier alpha value is -0.830. The quantitative estimate of drug-likeness (QED) is 0.820. The van der Waals surface area contributed by atoms with E-state index in [1.165, 1.54) is 50.6 Å². The van der Waals surface area contributed by atoms with Crippen LogP contribution in [0.1, 0.15) is 37.7 Å². The van der Waals surface area contributed by atoms with Crippen LogP contribution in [0.25, 0.3) is 0 Å². The minimum Gasteiger partial charge on any atom is -0.319 e. The summed E-state index contributed by atoms with van der Waals surface area (Å²) >= 11 is 0. The van der Waals surface area contributed by atoms with E-state index in [0.29, 0.717) is 0 Å². The van der Waals surface area contributed by atoms with Gasteiger partial charge < -0.3 is 5.32 Å². The molecule has 2 rings (SSSR count). The van der Waals surface area contributed by atoms with Crippen molar-refractivity contribution in [2.75, 3.05) is 13.6 Å². The first kappa shape index (κ1) is 12.6. The molecule has 0 aliphatic heterocycles. The number of hydrogen-bond donors (Lipinski definition) is 1. The zero-order valence-corrected chi connectivity index (χ0v) is 11.2. The maximum atomic E-state index is 4.24. The van der Waals surface area contributed by atoms with Crippen LogP contribution in [-0.4, -0.2) is 23.4 Å². The minimum atomic E-state index is 0.850. The van der Waals surface area contributed by atoms with Crippen molar-refractivity contribution in [3.05, 3.63) is 18.0 Å². The first-order valence-electron chi connectivity index (χ1n) is 6.91. The molecule has 1 aliphatic rings. The van der Waals surface area contributed by atoms with Crippen LogP contribution in [0.5, 0.6) is 0 Å². The van der Waals surface area contributed by atoms with Gasteiger partial charge in [-0.05, 0) is 43.8 Å². The summed E-state index contributed by atoms with van der Waals surface area (Å²) in [6.45, 7) is 1.17. The van der Waals surface area contributed by atoms with E-state index in [1.807, 2.05) is 17.9 Å².